The van der Waals surface area contributed by atoms with Crippen LogP contribution in [0.4, 0.5) is 5.69 Å². The molecule has 2 bridgehead atoms. The van der Waals surface area contributed by atoms with Crippen LogP contribution in [0.1, 0.15) is 41.6 Å². The summed E-state index contributed by atoms with van der Waals surface area (Å²) < 4.78 is 0. The summed E-state index contributed by atoms with van der Waals surface area (Å²) in [6.45, 7) is 1.01. The van der Waals surface area contributed by atoms with Gasteiger partial charge in [-0.3, -0.25) is 4.79 Å². The Bertz CT molecular complexity index is 508. The average Bonchev–Trinajstić information content (AvgIpc) is 3.12. The number of anilines is 1. The second-order valence-corrected chi connectivity index (χ2v) is 6.19. The lowest BCUT2D eigenvalue weighted by Crippen LogP contribution is -2.21. The van der Waals surface area contributed by atoms with Gasteiger partial charge >= 0.3 is 0 Å². The van der Waals surface area contributed by atoms with Gasteiger partial charge in [-0.05, 0) is 61.3 Å². The van der Waals surface area contributed by atoms with E-state index in [4.69, 9.17) is 0 Å². The van der Waals surface area contributed by atoms with E-state index in [-0.39, 0.29) is 0 Å². The number of ketones is 1. The SMILES string of the molecule is O=C(c1ccc2c(c1)CCN2)C1CC2CCC1C2. The summed E-state index contributed by atoms with van der Waals surface area (Å²) in [5.41, 5.74) is 3.50. The van der Waals surface area contributed by atoms with Crippen LogP contribution in [0.5, 0.6) is 0 Å². The van der Waals surface area contributed by atoms with E-state index in [1.165, 1.54) is 30.5 Å². The van der Waals surface area contributed by atoms with Crippen LogP contribution in [0.25, 0.3) is 0 Å². The number of fused-ring (bicyclic) bond motifs is 3. The van der Waals surface area contributed by atoms with Crippen LogP contribution in [0.2, 0.25) is 0 Å². The van der Waals surface area contributed by atoms with E-state index in [9.17, 15) is 4.79 Å². The Kier molecular flexibility index (Phi) is 2.26. The molecule has 94 valence electrons. The molecule has 18 heavy (non-hydrogen) atoms. The summed E-state index contributed by atoms with van der Waals surface area (Å²) in [6, 6.07) is 6.23. The smallest absolute Gasteiger partial charge is 0.166 e. The summed E-state index contributed by atoms with van der Waals surface area (Å²) >= 11 is 0. The van der Waals surface area contributed by atoms with E-state index in [0.717, 1.165) is 30.9 Å². The van der Waals surface area contributed by atoms with Crippen LogP contribution < -0.4 is 5.32 Å². The second kappa shape index (κ2) is 3.84. The van der Waals surface area contributed by atoms with Crippen LogP contribution >= 0.6 is 0 Å². The predicted octanol–water partition coefficient (Wildman–Crippen LogP) is 3.27. The number of rotatable bonds is 2. The maximum absolute atomic E-state index is 12.6. The van der Waals surface area contributed by atoms with Gasteiger partial charge in [0.2, 0.25) is 0 Å². The fraction of sp³-hybridized carbons (Fsp3) is 0.562. The highest BCUT2D eigenvalue weighted by Gasteiger charge is 2.43. The monoisotopic (exact) mass is 241 g/mol. The minimum atomic E-state index is 0.330. The molecule has 3 aliphatic rings. The lowest BCUT2D eigenvalue weighted by atomic mass is 9.83. The molecule has 2 saturated carbocycles. The molecule has 4 rings (SSSR count). The second-order valence-electron chi connectivity index (χ2n) is 6.19. The molecule has 1 aliphatic heterocycles. The number of nitrogens with one attached hydrogen (secondary N) is 1. The van der Waals surface area contributed by atoms with Crippen LogP contribution in [-0.2, 0) is 6.42 Å². The molecular weight excluding hydrogens is 222 g/mol. The van der Waals surface area contributed by atoms with Crippen molar-refractivity contribution in [1.82, 2.24) is 0 Å². The normalized spacial score (nSPS) is 32.3. The maximum atomic E-state index is 12.6. The predicted molar refractivity (Wildman–Crippen MR) is 71.9 cm³/mol. The Morgan fingerprint density at radius 2 is 2.17 bits per heavy atom. The van der Waals surface area contributed by atoms with E-state index < -0.39 is 0 Å². The van der Waals surface area contributed by atoms with E-state index in [1.54, 1.807) is 0 Å². The van der Waals surface area contributed by atoms with Crippen LogP contribution in [0.15, 0.2) is 18.2 Å². The van der Waals surface area contributed by atoms with E-state index in [0.29, 0.717) is 17.6 Å². The molecule has 1 aromatic rings. The molecule has 2 heteroatoms. The molecule has 1 heterocycles. The van der Waals surface area contributed by atoms with Gasteiger partial charge in [-0.2, -0.15) is 0 Å². The largest absolute Gasteiger partial charge is 0.384 e. The highest BCUT2D eigenvalue weighted by molar-refractivity contribution is 5.99. The Morgan fingerprint density at radius 3 is 2.94 bits per heavy atom. The van der Waals surface area contributed by atoms with Crippen molar-refractivity contribution in [3.63, 3.8) is 0 Å². The van der Waals surface area contributed by atoms with Crippen molar-refractivity contribution in [3.05, 3.63) is 29.3 Å². The maximum Gasteiger partial charge on any atom is 0.166 e. The molecule has 0 radical (unpaired) electrons. The van der Waals surface area contributed by atoms with Gasteiger partial charge in [0.15, 0.2) is 5.78 Å². The number of carbonyl (C=O) groups excluding carboxylic acids is 1. The van der Waals surface area contributed by atoms with Crippen molar-refractivity contribution in [2.45, 2.75) is 32.1 Å². The fourth-order valence-corrected chi connectivity index (χ4v) is 4.24. The Hall–Kier alpha value is -1.31. The first-order valence-electron chi connectivity index (χ1n) is 7.22. The summed E-state index contributed by atoms with van der Waals surface area (Å²) in [5, 5.41) is 3.35. The zero-order valence-corrected chi connectivity index (χ0v) is 10.6. The van der Waals surface area contributed by atoms with Crippen LogP contribution in [0, 0.1) is 17.8 Å². The lowest BCUT2D eigenvalue weighted by Gasteiger charge is -2.20. The van der Waals surface area contributed by atoms with Crippen molar-refractivity contribution in [3.8, 4) is 0 Å². The quantitative estimate of drug-likeness (QED) is 0.805. The summed E-state index contributed by atoms with van der Waals surface area (Å²) in [5.74, 6) is 2.28. The molecule has 0 aromatic heterocycles. The van der Waals surface area contributed by atoms with Crippen LogP contribution in [-0.4, -0.2) is 12.3 Å². The molecular formula is C16H19NO. The van der Waals surface area contributed by atoms with Gasteiger partial charge in [0.25, 0.3) is 0 Å². The van der Waals surface area contributed by atoms with E-state index in [2.05, 4.69) is 17.4 Å². The van der Waals surface area contributed by atoms with E-state index in [1.807, 2.05) is 6.07 Å². The van der Waals surface area contributed by atoms with Gasteiger partial charge in [-0.25, -0.2) is 0 Å². The van der Waals surface area contributed by atoms with Crippen LogP contribution in [0.3, 0.4) is 0 Å². The molecule has 3 atom stereocenters. The first-order valence-corrected chi connectivity index (χ1v) is 7.22. The highest BCUT2D eigenvalue weighted by Crippen LogP contribution is 2.49. The molecule has 2 aliphatic carbocycles. The molecule has 0 spiro atoms. The van der Waals surface area contributed by atoms with Gasteiger partial charge in [-0.15, -0.1) is 0 Å². The zero-order chi connectivity index (χ0) is 12.1. The number of carbonyl (C=O) groups is 1. The molecule has 1 N–H and O–H groups in total. The van der Waals surface area contributed by atoms with Gasteiger partial charge in [-0.1, -0.05) is 6.42 Å². The molecule has 2 fully saturated rings. The fourth-order valence-electron chi connectivity index (χ4n) is 4.24. The number of hydrogen-bond acceptors (Lipinski definition) is 2. The Morgan fingerprint density at radius 1 is 1.22 bits per heavy atom. The molecule has 0 saturated heterocycles. The van der Waals surface area contributed by atoms with Crippen molar-refractivity contribution < 1.29 is 4.79 Å². The van der Waals surface area contributed by atoms with Gasteiger partial charge in [0.1, 0.15) is 0 Å². The zero-order valence-electron chi connectivity index (χ0n) is 10.6. The van der Waals surface area contributed by atoms with Gasteiger partial charge in [0, 0.05) is 23.7 Å². The lowest BCUT2D eigenvalue weighted by molar-refractivity contribution is 0.0874. The minimum absolute atomic E-state index is 0.330. The third-order valence-corrected chi connectivity index (χ3v) is 5.17. The Balaban J connectivity index is 1.61. The first kappa shape index (κ1) is 10.6. The van der Waals surface area contributed by atoms with E-state index >= 15 is 0 Å². The summed E-state index contributed by atoms with van der Waals surface area (Å²) in [6.07, 6.45) is 6.17. The number of hydrogen-bond donors (Lipinski definition) is 1. The Labute approximate surface area is 108 Å². The molecule has 1 aromatic carbocycles. The van der Waals surface area contributed by atoms with Crippen molar-refractivity contribution in [2.75, 3.05) is 11.9 Å². The minimum Gasteiger partial charge on any atom is -0.384 e. The standard InChI is InChI=1S/C16H19NO/c18-16(14-8-10-1-2-11(14)7-10)13-3-4-15-12(9-13)5-6-17-15/h3-4,9-11,14,17H,1-2,5-8H2. The molecule has 0 amide bonds. The average molecular weight is 241 g/mol. The van der Waals surface area contributed by atoms with Crippen molar-refractivity contribution in [1.29, 1.82) is 0 Å². The molecule has 3 unspecified atom stereocenters. The number of Topliss-reactive ketones (excluding diaryl/α,β-unsaturated/α-hetero) is 1. The highest BCUT2D eigenvalue weighted by atomic mass is 16.1. The third-order valence-electron chi connectivity index (χ3n) is 5.17. The molecule has 2 nitrogen and oxygen atoms in total. The summed E-state index contributed by atoms with van der Waals surface area (Å²) in [7, 11) is 0. The van der Waals surface area contributed by atoms with Crippen molar-refractivity contribution in [2.24, 2.45) is 17.8 Å². The topological polar surface area (TPSA) is 29.1 Å². The number of benzene rings is 1. The van der Waals surface area contributed by atoms with Gasteiger partial charge < -0.3 is 5.32 Å². The summed E-state index contributed by atoms with van der Waals surface area (Å²) in [4.78, 5) is 12.6. The van der Waals surface area contributed by atoms with Gasteiger partial charge in [0.05, 0.1) is 0 Å². The third kappa shape index (κ3) is 1.51. The van der Waals surface area contributed by atoms with Crippen molar-refractivity contribution >= 4 is 11.5 Å². The first-order chi connectivity index (χ1) is 8.81.